The molecule has 0 saturated carbocycles. The van der Waals surface area contributed by atoms with Crippen LogP contribution in [0.4, 0.5) is 0 Å². The summed E-state index contributed by atoms with van der Waals surface area (Å²) in [4.78, 5) is 15.0. The predicted molar refractivity (Wildman–Crippen MR) is 69.2 cm³/mol. The summed E-state index contributed by atoms with van der Waals surface area (Å²) in [7, 11) is 0. The van der Waals surface area contributed by atoms with Crippen LogP contribution in [-0.2, 0) is 6.42 Å². The second kappa shape index (κ2) is 4.27. The van der Waals surface area contributed by atoms with Gasteiger partial charge in [0, 0.05) is 17.7 Å². The van der Waals surface area contributed by atoms with Crippen LogP contribution in [0.15, 0.2) is 24.5 Å². The van der Waals surface area contributed by atoms with Gasteiger partial charge in [-0.15, -0.1) is 0 Å². The fourth-order valence-corrected chi connectivity index (χ4v) is 2.11. The molecule has 0 fully saturated rings. The average molecular weight is 242 g/mol. The number of aromatic nitrogens is 4. The molecule has 2 aromatic heterocycles. The summed E-state index contributed by atoms with van der Waals surface area (Å²) in [6, 6.07) is 6.02. The van der Waals surface area contributed by atoms with E-state index in [1.54, 1.807) is 6.33 Å². The lowest BCUT2D eigenvalue weighted by Crippen LogP contribution is -1.92. The Morgan fingerprint density at radius 3 is 3.06 bits per heavy atom. The molecule has 0 aliphatic rings. The molecule has 5 nitrogen and oxygen atoms in total. The number of rotatable bonds is 3. The van der Waals surface area contributed by atoms with Crippen molar-refractivity contribution in [2.75, 3.05) is 6.61 Å². The van der Waals surface area contributed by atoms with Crippen LogP contribution in [0.1, 0.15) is 11.5 Å². The van der Waals surface area contributed by atoms with Crippen molar-refractivity contribution in [2.24, 2.45) is 0 Å². The number of nitrogens with one attached hydrogen (secondary N) is 2. The van der Waals surface area contributed by atoms with Gasteiger partial charge in [0.15, 0.2) is 0 Å². The molecule has 3 rings (SSSR count). The number of aryl methyl sites for hydroxylation is 1. The molecule has 0 saturated heterocycles. The Balaban J connectivity index is 2.07. The maximum Gasteiger partial charge on any atom is 0.109 e. The molecule has 3 N–H and O–H groups in total. The van der Waals surface area contributed by atoms with Crippen LogP contribution in [0.5, 0.6) is 0 Å². The minimum Gasteiger partial charge on any atom is -0.396 e. The van der Waals surface area contributed by atoms with Crippen molar-refractivity contribution in [1.82, 2.24) is 19.9 Å². The molecule has 3 aromatic rings. The number of nitrogens with zero attached hydrogens (tertiary/aromatic N) is 2. The molecule has 92 valence electrons. The van der Waals surface area contributed by atoms with Gasteiger partial charge in [0.05, 0.1) is 29.7 Å². The first kappa shape index (κ1) is 11.0. The highest BCUT2D eigenvalue weighted by Crippen LogP contribution is 2.24. The first-order valence-electron chi connectivity index (χ1n) is 5.88. The zero-order valence-electron chi connectivity index (χ0n) is 10.1. The van der Waals surface area contributed by atoms with E-state index >= 15 is 0 Å². The Morgan fingerprint density at radius 2 is 2.22 bits per heavy atom. The fourth-order valence-electron chi connectivity index (χ4n) is 2.11. The number of hydrogen-bond acceptors (Lipinski definition) is 3. The smallest absolute Gasteiger partial charge is 0.109 e. The van der Waals surface area contributed by atoms with Crippen LogP contribution in [0.3, 0.4) is 0 Å². The lowest BCUT2D eigenvalue weighted by atomic mass is 10.1. The molecule has 0 atom stereocenters. The standard InChI is InChI=1S/C13H14N4O/c1-8-13(17-12(16-8)4-5-18)9-2-3-10-11(6-9)15-7-14-10/h2-3,6-7,18H,4-5H2,1H3,(H,14,15)(H,16,17). The maximum absolute atomic E-state index is 8.93. The van der Waals surface area contributed by atoms with Crippen molar-refractivity contribution in [3.63, 3.8) is 0 Å². The quantitative estimate of drug-likeness (QED) is 0.655. The summed E-state index contributed by atoms with van der Waals surface area (Å²) in [5, 5.41) is 8.93. The molecule has 0 radical (unpaired) electrons. The van der Waals surface area contributed by atoms with Crippen molar-refractivity contribution in [1.29, 1.82) is 0 Å². The molecular formula is C13H14N4O. The summed E-state index contributed by atoms with van der Waals surface area (Å²) >= 11 is 0. The summed E-state index contributed by atoms with van der Waals surface area (Å²) < 4.78 is 0. The second-order valence-electron chi connectivity index (χ2n) is 4.27. The number of aromatic amines is 2. The first-order valence-corrected chi connectivity index (χ1v) is 5.88. The predicted octanol–water partition coefficient (Wildman–Crippen LogP) is 1.80. The van der Waals surface area contributed by atoms with Gasteiger partial charge in [-0.25, -0.2) is 9.97 Å². The Bertz CT molecular complexity index is 683. The number of aliphatic hydroxyl groups excluding tert-OH is 1. The largest absolute Gasteiger partial charge is 0.396 e. The van der Waals surface area contributed by atoms with Crippen LogP contribution in [0, 0.1) is 6.92 Å². The molecule has 0 bridgehead atoms. The number of benzene rings is 1. The van der Waals surface area contributed by atoms with Crippen molar-refractivity contribution in [3.8, 4) is 11.3 Å². The van der Waals surface area contributed by atoms with E-state index in [4.69, 9.17) is 5.11 Å². The summed E-state index contributed by atoms with van der Waals surface area (Å²) in [5.41, 5.74) is 4.93. The van der Waals surface area contributed by atoms with Gasteiger partial charge in [-0.2, -0.15) is 0 Å². The molecule has 0 aliphatic carbocycles. The Labute approximate surface area is 104 Å². The third kappa shape index (κ3) is 1.78. The lowest BCUT2D eigenvalue weighted by molar-refractivity contribution is 0.297. The number of H-pyrrole nitrogens is 2. The van der Waals surface area contributed by atoms with E-state index in [2.05, 4.69) is 19.9 Å². The summed E-state index contributed by atoms with van der Waals surface area (Å²) in [6.45, 7) is 2.09. The van der Waals surface area contributed by atoms with Crippen molar-refractivity contribution in [3.05, 3.63) is 36.0 Å². The lowest BCUT2D eigenvalue weighted by Gasteiger charge is -1.98. The van der Waals surface area contributed by atoms with Crippen LogP contribution < -0.4 is 0 Å². The van der Waals surface area contributed by atoms with Crippen LogP contribution in [0.2, 0.25) is 0 Å². The monoisotopic (exact) mass is 242 g/mol. The molecule has 0 unspecified atom stereocenters. The van der Waals surface area contributed by atoms with Crippen molar-refractivity contribution >= 4 is 11.0 Å². The van der Waals surface area contributed by atoms with Crippen LogP contribution >= 0.6 is 0 Å². The maximum atomic E-state index is 8.93. The van der Waals surface area contributed by atoms with Crippen molar-refractivity contribution < 1.29 is 5.11 Å². The fraction of sp³-hybridized carbons (Fsp3) is 0.231. The average Bonchev–Trinajstić information content (AvgIpc) is 2.95. The molecule has 18 heavy (non-hydrogen) atoms. The number of hydrogen-bond donors (Lipinski definition) is 3. The van der Waals surface area contributed by atoms with Gasteiger partial charge in [-0.05, 0) is 19.1 Å². The van der Waals surface area contributed by atoms with Crippen molar-refractivity contribution in [2.45, 2.75) is 13.3 Å². The first-order chi connectivity index (χ1) is 8.78. The van der Waals surface area contributed by atoms with E-state index in [1.165, 1.54) is 0 Å². The van der Waals surface area contributed by atoms with E-state index in [-0.39, 0.29) is 6.61 Å². The number of imidazole rings is 2. The van der Waals surface area contributed by atoms with Gasteiger partial charge >= 0.3 is 0 Å². The third-order valence-electron chi connectivity index (χ3n) is 2.98. The molecule has 0 spiro atoms. The molecule has 2 heterocycles. The van der Waals surface area contributed by atoms with Gasteiger partial charge in [-0.3, -0.25) is 0 Å². The highest BCUT2D eigenvalue weighted by molar-refractivity contribution is 5.81. The minimum atomic E-state index is 0.103. The number of fused-ring (bicyclic) bond motifs is 1. The zero-order valence-corrected chi connectivity index (χ0v) is 10.1. The van der Waals surface area contributed by atoms with E-state index in [1.807, 2.05) is 25.1 Å². The van der Waals surface area contributed by atoms with Gasteiger partial charge in [0.25, 0.3) is 0 Å². The Kier molecular flexibility index (Phi) is 2.60. The van der Waals surface area contributed by atoms with Gasteiger partial charge in [0.1, 0.15) is 5.82 Å². The molecule has 0 amide bonds. The minimum absolute atomic E-state index is 0.103. The molecule has 1 aromatic carbocycles. The van der Waals surface area contributed by atoms with E-state index < -0.39 is 0 Å². The second-order valence-corrected chi connectivity index (χ2v) is 4.27. The Hall–Kier alpha value is -2.14. The van der Waals surface area contributed by atoms with Gasteiger partial charge < -0.3 is 15.1 Å². The molecule has 5 heteroatoms. The van der Waals surface area contributed by atoms with Crippen LogP contribution in [-0.4, -0.2) is 31.6 Å². The van der Waals surface area contributed by atoms with Gasteiger partial charge in [0.2, 0.25) is 0 Å². The highest BCUT2D eigenvalue weighted by Gasteiger charge is 2.09. The Morgan fingerprint density at radius 1 is 1.33 bits per heavy atom. The summed E-state index contributed by atoms with van der Waals surface area (Å²) in [5.74, 6) is 0.815. The molecular weight excluding hydrogens is 228 g/mol. The van der Waals surface area contributed by atoms with E-state index in [0.717, 1.165) is 33.8 Å². The highest BCUT2D eigenvalue weighted by atomic mass is 16.3. The number of aliphatic hydroxyl groups is 1. The molecule has 0 aliphatic heterocycles. The zero-order chi connectivity index (χ0) is 12.5. The normalized spacial score (nSPS) is 11.2. The topological polar surface area (TPSA) is 77.6 Å². The summed E-state index contributed by atoms with van der Waals surface area (Å²) in [6.07, 6.45) is 2.23. The SMILES string of the molecule is Cc1[nH]c(CCO)nc1-c1ccc2nc[nH]c2c1. The third-order valence-corrected chi connectivity index (χ3v) is 2.98. The van der Waals surface area contributed by atoms with E-state index in [9.17, 15) is 0 Å². The van der Waals surface area contributed by atoms with E-state index in [0.29, 0.717) is 6.42 Å². The van der Waals surface area contributed by atoms with Crippen LogP contribution in [0.25, 0.3) is 22.3 Å². The van der Waals surface area contributed by atoms with Gasteiger partial charge in [-0.1, -0.05) is 6.07 Å².